The number of phenolic OH excluding ortho intramolecular Hbond substituents is 3. The maximum atomic E-state index is 13.4. The van der Waals surface area contributed by atoms with Gasteiger partial charge in [-0.15, -0.1) is 0 Å². The first-order chi connectivity index (χ1) is 17.8. The molecule has 2 heterocycles. The second kappa shape index (κ2) is 10.2. The van der Waals surface area contributed by atoms with E-state index in [1.807, 2.05) is 6.07 Å². The summed E-state index contributed by atoms with van der Waals surface area (Å²) >= 11 is 6.22. The largest absolute Gasteiger partial charge is 0.507 e. The van der Waals surface area contributed by atoms with Gasteiger partial charge in [-0.2, -0.15) is 0 Å². The molecule has 0 radical (unpaired) electrons. The third kappa shape index (κ3) is 4.87. The summed E-state index contributed by atoms with van der Waals surface area (Å²) in [5.41, 5.74) is 0.884. The molecule has 1 fully saturated rings. The van der Waals surface area contributed by atoms with Gasteiger partial charge in [-0.25, -0.2) is 0 Å². The van der Waals surface area contributed by atoms with Crippen LogP contribution in [0.3, 0.4) is 0 Å². The molecule has 7 nitrogen and oxygen atoms in total. The lowest BCUT2D eigenvalue weighted by atomic mass is 9.85. The number of carbonyl (C=O) groups is 1. The fourth-order valence-corrected chi connectivity index (χ4v) is 5.17. The lowest BCUT2D eigenvalue weighted by molar-refractivity contribution is -0.132. The van der Waals surface area contributed by atoms with Gasteiger partial charge in [-0.1, -0.05) is 48.0 Å². The molecule has 0 spiro atoms. The van der Waals surface area contributed by atoms with E-state index in [-0.39, 0.29) is 51.1 Å². The first kappa shape index (κ1) is 24.7. The fraction of sp³-hybridized carbons (Fsp3) is 0.241. The number of aromatic hydroxyl groups is 3. The summed E-state index contributed by atoms with van der Waals surface area (Å²) in [7, 11) is 0. The minimum absolute atomic E-state index is 0.00973. The zero-order chi connectivity index (χ0) is 26.1. The van der Waals surface area contributed by atoms with Crippen LogP contribution < -0.4 is 5.43 Å². The molecule has 1 saturated heterocycles. The van der Waals surface area contributed by atoms with Crippen LogP contribution in [-0.2, 0) is 4.79 Å². The fourth-order valence-electron chi connectivity index (χ4n) is 4.98. The second-order valence-electron chi connectivity index (χ2n) is 9.28. The lowest BCUT2D eigenvalue weighted by Crippen LogP contribution is -2.36. The standard InChI is InChI=1S/C29H26ClNO6/c30-20-13-18(9-10-21(20)32)19(14-26(36)31-11-5-2-6-12-31)27-22(33)15-23(34)28-24(35)16-25(37-29(27)28)17-7-3-1-4-8-17/h1,3-4,7-10,13,15-16,19,32-34H,2,5-6,11-12,14H2/t19-/m0/s1. The van der Waals surface area contributed by atoms with Crippen molar-refractivity contribution in [2.75, 3.05) is 13.1 Å². The number of amides is 1. The number of hydrogen-bond donors (Lipinski definition) is 3. The summed E-state index contributed by atoms with van der Waals surface area (Å²) in [4.78, 5) is 28.3. The lowest BCUT2D eigenvalue weighted by Gasteiger charge is -2.29. The number of hydrogen-bond acceptors (Lipinski definition) is 6. The predicted molar refractivity (Wildman–Crippen MR) is 141 cm³/mol. The molecule has 1 atom stereocenters. The van der Waals surface area contributed by atoms with Crippen molar-refractivity contribution in [3.8, 4) is 28.6 Å². The molecule has 8 heteroatoms. The van der Waals surface area contributed by atoms with Crippen molar-refractivity contribution in [2.24, 2.45) is 0 Å². The van der Waals surface area contributed by atoms with Gasteiger partial charge in [-0.05, 0) is 37.0 Å². The Morgan fingerprint density at radius 3 is 2.35 bits per heavy atom. The van der Waals surface area contributed by atoms with Gasteiger partial charge in [0.1, 0.15) is 34.0 Å². The van der Waals surface area contributed by atoms with Crippen LogP contribution in [0.2, 0.25) is 5.02 Å². The summed E-state index contributed by atoms with van der Waals surface area (Å²) < 4.78 is 6.18. The number of benzene rings is 3. The number of rotatable bonds is 5. The van der Waals surface area contributed by atoms with Crippen molar-refractivity contribution in [1.29, 1.82) is 0 Å². The molecule has 0 aliphatic carbocycles. The Hall–Kier alpha value is -3.97. The van der Waals surface area contributed by atoms with Crippen LogP contribution in [0.4, 0.5) is 0 Å². The molecule has 1 aliphatic rings. The van der Waals surface area contributed by atoms with E-state index in [2.05, 4.69) is 0 Å². The number of nitrogens with zero attached hydrogens (tertiary/aromatic N) is 1. The Morgan fingerprint density at radius 2 is 1.65 bits per heavy atom. The van der Waals surface area contributed by atoms with E-state index in [4.69, 9.17) is 16.0 Å². The summed E-state index contributed by atoms with van der Waals surface area (Å²) in [6, 6.07) is 16.0. The van der Waals surface area contributed by atoms with Crippen LogP contribution >= 0.6 is 11.6 Å². The molecule has 0 saturated carbocycles. The highest BCUT2D eigenvalue weighted by Crippen LogP contribution is 2.44. The van der Waals surface area contributed by atoms with E-state index < -0.39 is 17.1 Å². The quantitative estimate of drug-likeness (QED) is 0.309. The Kier molecular flexibility index (Phi) is 6.80. The molecular formula is C29H26ClNO6. The zero-order valence-electron chi connectivity index (χ0n) is 20.0. The number of phenols is 3. The highest BCUT2D eigenvalue weighted by molar-refractivity contribution is 6.32. The van der Waals surface area contributed by atoms with E-state index in [0.717, 1.165) is 25.3 Å². The Balaban J connectivity index is 1.73. The summed E-state index contributed by atoms with van der Waals surface area (Å²) in [5, 5.41) is 31.7. The van der Waals surface area contributed by atoms with Gasteiger partial charge in [-0.3, -0.25) is 9.59 Å². The molecule has 37 heavy (non-hydrogen) atoms. The van der Waals surface area contributed by atoms with Crippen LogP contribution in [0.5, 0.6) is 17.2 Å². The monoisotopic (exact) mass is 519 g/mol. The molecule has 0 unspecified atom stereocenters. The maximum absolute atomic E-state index is 13.4. The van der Waals surface area contributed by atoms with Crippen molar-refractivity contribution in [1.82, 2.24) is 4.90 Å². The third-order valence-corrected chi connectivity index (χ3v) is 7.17. The van der Waals surface area contributed by atoms with Gasteiger partial charge in [0.2, 0.25) is 5.91 Å². The molecule has 1 aromatic heterocycles. The Bertz CT molecular complexity index is 1530. The van der Waals surface area contributed by atoms with Gasteiger partial charge < -0.3 is 24.6 Å². The van der Waals surface area contributed by atoms with Gasteiger partial charge in [0, 0.05) is 48.7 Å². The van der Waals surface area contributed by atoms with Crippen LogP contribution in [0.15, 0.2) is 69.9 Å². The summed E-state index contributed by atoms with van der Waals surface area (Å²) in [5.74, 6) is -1.49. The molecule has 3 aromatic carbocycles. The molecule has 1 amide bonds. The topological polar surface area (TPSA) is 111 Å². The first-order valence-corrected chi connectivity index (χ1v) is 12.6. The van der Waals surface area contributed by atoms with Gasteiger partial charge >= 0.3 is 0 Å². The van der Waals surface area contributed by atoms with Crippen molar-refractivity contribution in [3.05, 3.63) is 87.0 Å². The van der Waals surface area contributed by atoms with Crippen molar-refractivity contribution >= 4 is 28.5 Å². The zero-order valence-corrected chi connectivity index (χ0v) is 20.7. The summed E-state index contributed by atoms with van der Waals surface area (Å²) in [6.45, 7) is 1.30. The highest BCUT2D eigenvalue weighted by Gasteiger charge is 2.30. The van der Waals surface area contributed by atoms with E-state index in [1.165, 1.54) is 18.2 Å². The third-order valence-electron chi connectivity index (χ3n) is 6.87. The molecule has 1 aliphatic heterocycles. The van der Waals surface area contributed by atoms with Crippen LogP contribution in [0.25, 0.3) is 22.3 Å². The number of piperidine rings is 1. The van der Waals surface area contributed by atoms with Gasteiger partial charge in [0.05, 0.1) is 5.02 Å². The van der Waals surface area contributed by atoms with Crippen molar-refractivity contribution < 1.29 is 24.5 Å². The molecule has 5 rings (SSSR count). The average molecular weight is 520 g/mol. The summed E-state index contributed by atoms with van der Waals surface area (Å²) in [6.07, 6.45) is 2.87. The molecule has 190 valence electrons. The average Bonchev–Trinajstić information content (AvgIpc) is 2.90. The van der Waals surface area contributed by atoms with Crippen LogP contribution in [0.1, 0.15) is 42.7 Å². The normalized spacial score (nSPS) is 14.6. The highest BCUT2D eigenvalue weighted by atomic mass is 35.5. The molecule has 3 N–H and O–H groups in total. The van der Waals surface area contributed by atoms with E-state index in [0.29, 0.717) is 24.2 Å². The Labute approximate surface area is 218 Å². The van der Waals surface area contributed by atoms with E-state index in [9.17, 15) is 24.9 Å². The van der Waals surface area contributed by atoms with Crippen molar-refractivity contribution in [3.63, 3.8) is 0 Å². The molecule has 4 aromatic rings. The van der Waals surface area contributed by atoms with E-state index in [1.54, 1.807) is 35.2 Å². The van der Waals surface area contributed by atoms with E-state index >= 15 is 0 Å². The molecular weight excluding hydrogens is 494 g/mol. The van der Waals surface area contributed by atoms with Crippen LogP contribution in [-0.4, -0.2) is 39.2 Å². The predicted octanol–water partition coefficient (Wildman–Crippen LogP) is 5.76. The molecule has 0 bridgehead atoms. The first-order valence-electron chi connectivity index (χ1n) is 12.2. The van der Waals surface area contributed by atoms with Gasteiger partial charge in [0.15, 0.2) is 5.43 Å². The number of likely N-dealkylation sites (tertiary alicyclic amines) is 1. The number of halogens is 1. The minimum atomic E-state index is -0.773. The smallest absolute Gasteiger partial charge is 0.223 e. The number of carbonyl (C=O) groups excluding carboxylic acids is 1. The minimum Gasteiger partial charge on any atom is -0.507 e. The number of fused-ring (bicyclic) bond motifs is 1. The SMILES string of the molecule is O=C(C[C@@H](c1ccc(O)c(Cl)c1)c1c(O)cc(O)c2c(=O)cc(-c3ccccc3)oc12)N1CCCCC1. The maximum Gasteiger partial charge on any atom is 0.223 e. The Morgan fingerprint density at radius 1 is 0.919 bits per heavy atom. The van der Waals surface area contributed by atoms with Crippen molar-refractivity contribution in [2.45, 2.75) is 31.6 Å². The van der Waals surface area contributed by atoms with Crippen LogP contribution in [0, 0.1) is 0 Å². The second-order valence-corrected chi connectivity index (χ2v) is 9.69. The van der Waals surface area contributed by atoms with Gasteiger partial charge in [0.25, 0.3) is 0 Å².